The third-order valence-electron chi connectivity index (χ3n) is 3.12. The molecule has 0 fully saturated rings. The Balaban J connectivity index is 2.24. The number of hydrogen-bond donors (Lipinski definition) is 1. The Bertz CT molecular complexity index is 633. The van der Waals surface area contributed by atoms with Crippen LogP contribution in [0, 0.1) is 0 Å². The smallest absolute Gasteiger partial charge is 0.269 e. The van der Waals surface area contributed by atoms with Crippen molar-refractivity contribution in [2.75, 3.05) is 23.7 Å². The van der Waals surface area contributed by atoms with Crippen molar-refractivity contribution < 1.29 is 0 Å². The first-order chi connectivity index (χ1) is 9.63. The minimum atomic E-state index is -0.140. The Kier molecular flexibility index (Phi) is 4.34. The van der Waals surface area contributed by atoms with Crippen molar-refractivity contribution in [2.24, 2.45) is 0 Å². The Morgan fingerprint density at radius 3 is 2.65 bits per heavy atom. The van der Waals surface area contributed by atoms with Gasteiger partial charge in [-0.2, -0.15) is 5.10 Å². The molecule has 0 radical (unpaired) electrons. The third kappa shape index (κ3) is 3.14. The number of aromatic nitrogens is 3. The fraction of sp³-hybridized carbons (Fsp3) is 0.357. The maximum atomic E-state index is 12.1. The molecule has 0 atom stereocenters. The minimum Gasteiger partial charge on any atom is -0.384 e. The Labute approximate surface area is 117 Å². The summed E-state index contributed by atoms with van der Waals surface area (Å²) in [5, 5.41) is 4.20. The topological polar surface area (TPSA) is 77.0 Å². The highest BCUT2D eigenvalue weighted by molar-refractivity contribution is 5.42. The molecule has 2 aromatic rings. The van der Waals surface area contributed by atoms with Gasteiger partial charge in [0.2, 0.25) is 0 Å². The van der Waals surface area contributed by atoms with E-state index >= 15 is 0 Å². The van der Waals surface area contributed by atoms with Crippen LogP contribution in [0.3, 0.4) is 0 Å². The van der Waals surface area contributed by atoms with E-state index in [-0.39, 0.29) is 5.56 Å². The molecule has 2 heterocycles. The molecule has 2 aromatic heterocycles. The summed E-state index contributed by atoms with van der Waals surface area (Å²) >= 11 is 0. The van der Waals surface area contributed by atoms with Gasteiger partial charge in [-0.05, 0) is 26.0 Å². The second kappa shape index (κ2) is 6.18. The van der Waals surface area contributed by atoms with Crippen molar-refractivity contribution in [3.05, 3.63) is 46.5 Å². The Hall–Kier alpha value is -2.37. The summed E-state index contributed by atoms with van der Waals surface area (Å²) in [5.41, 5.74) is 7.05. The summed E-state index contributed by atoms with van der Waals surface area (Å²) < 4.78 is 1.38. The molecule has 0 unspecified atom stereocenters. The van der Waals surface area contributed by atoms with Crippen molar-refractivity contribution in [2.45, 2.75) is 20.4 Å². The highest BCUT2D eigenvalue weighted by atomic mass is 16.1. The van der Waals surface area contributed by atoms with E-state index in [1.165, 1.54) is 4.68 Å². The van der Waals surface area contributed by atoms with Gasteiger partial charge in [-0.3, -0.25) is 4.79 Å². The van der Waals surface area contributed by atoms with E-state index in [0.29, 0.717) is 12.4 Å². The van der Waals surface area contributed by atoms with Gasteiger partial charge in [0.15, 0.2) is 0 Å². The zero-order chi connectivity index (χ0) is 14.5. The van der Waals surface area contributed by atoms with E-state index in [4.69, 9.17) is 5.73 Å². The zero-order valence-electron chi connectivity index (χ0n) is 11.8. The molecule has 0 amide bonds. The molecule has 0 aromatic carbocycles. The molecule has 0 saturated carbocycles. The summed E-state index contributed by atoms with van der Waals surface area (Å²) in [6.07, 6.45) is 1.71. The lowest BCUT2D eigenvalue weighted by Gasteiger charge is -2.20. The third-order valence-corrected chi connectivity index (χ3v) is 3.12. The number of nitrogens with two attached hydrogens (primary N) is 1. The van der Waals surface area contributed by atoms with E-state index in [2.05, 4.69) is 15.0 Å². The SMILES string of the molecule is CCN(CC)c1cnn(Cc2cccc(N)n2)c(=O)c1. The first-order valence-electron chi connectivity index (χ1n) is 6.67. The number of anilines is 2. The number of nitrogens with zero attached hydrogens (tertiary/aromatic N) is 4. The van der Waals surface area contributed by atoms with Crippen molar-refractivity contribution in [1.82, 2.24) is 14.8 Å². The van der Waals surface area contributed by atoms with Gasteiger partial charge < -0.3 is 10.6 Å². The molecule has 2 rings (SSSR count). The van der Waals surface area contributed by atoms with Crippen LogP contribution in [0.1, 0.15) is 19.5 Å². The van der Waals surface area contributed by atoms with Crippen LogP contribution < -0.4 is 16.2 Å². The van der Waals surface area contributed by atoms with Gasteiger partial charge in [-0.1, -0.05) is 6.07 Å². The molecular weight excluding hydrogens is 254 g/mol. The van der Waals surface area contributed by atoms with Gasteiger partial charge in [0.05, 0.1) is 24.1 Å². The maximum Gasteiger partial charge on any atom is 0.269 e. The largest absolute Gasteiger partial charge is 0.384 e. The fourth-order valence-corrected chi connectivity index (χ4v) is 2.04. The van der Waals surface area contributed by atoms with Crippen LogP contribution in [-0.4, -0.2) is 27.9 Å². The number of pyridine rings is 1. The van der Waals surface area contributed by atoms with Crippen LogP contribution >= 0.6 is 0 Å². The molecule has 20 heavy (non-hydrogen) atoms. The van der Waals surface area contributed by atoms with Gasteiger partial charge in [0.25, 0.3) is 5.56 Å². The summed E-state index contributed by atoms with van der Waals surface area (Å²) in [4.78, 5) is 18.3. The molecule has 106 valence electrons. The van der Waals surface area contributed by atoms with Gasteiger partial charge in [-0.25, -0.2) is 9.67 Å². The lowest BCUT2D eigenvalue weighted by molar-refractivity contribution is 0.626. The second-order valence-electron chi connectivity index (χ2n) is 4.44. The molecule has 0 bridgehead atoms. The summed E-state index contributed by atoms with van der Waals surface area (Å²) in [6, 6.07) is 6.95. The van der Waals surface area contributed by atoms with Crippen LogP contribution in [0.15, 0.2) is 35.3 Å². The van der Waals surface area contributed by atoms with Crippen molar-refractivity contribution in [3.63, 3.8) is 0 Å². The Morgan fingerprint density at radius 2 is 2.05 bits per heavy atom. The lowest BCUT2D eigenvalue weighted by atomic mass is 10.3. The van der Waals surface area contributed by atoms with Crippen LogP contribution in [0.2, 0.25) is 0 Å². The normalized spacial score (nSPS) is 10.5. The van der Waals surface area contributed by atoms with E-state index in [1.54, 1.807) is 18.3 Å². The van der Waals surface area contributed by atoms with E-state index in [0.717, 1.165) is 24.5 Å². The predicted octanol–water partition coefficient (Wildman–Crippen LogP) is 1.11. The van der Waals surface area contributed by atoms with Crippen LogP contribution in [-0.2, 0) is 6.54 Å². The van der Waals surface area contributed by atoms with E-state index in [9.17, 15) is 4.79 Å². The molecule has 0 spiro atoms. The first kappa shape index (κ1) is 14.0. The lowest BCUT2D eigenvalue weighted by Crippen LogP contribution is -2.28. The minimum absolute atomic E-state index is 0.140. The van der Waals surface area contributed by atoms with Gasteiger partial charge >= 0.3 is 0 Å². The molecule has 0 aliphatic heterocycles. The van der Waals surface area contributed by atoms with Gasteiger partial charge in [0.1, 0.15) is 5.82 Å². The number of nitrogen functional groups attached to an aromatic ring is 1. The average molecular weight is 273 g/mol. The Morgan fingerprint density at radius 1 is 1.30 bits per heavy atom. The molecule has 0 aliphatic rings. The molecule has 6 heteroatoms. The van der Waals surface area contributed by atoms with Gasteiger partial charge in [0, 0.05) is 19.2 Å². The highest BCUT2D eigenvalue weighted by Gasteiger charge is 2.06. The zero-order valence-corrected chi connectivity index (χ0v) is 11.8. The summed E-state index contributed by atoms with van der Waals surface area (Å²) in [5.74, 6) is 0.440. The fourth-order valence-electron chi connectivity index (χ4n) is 2.04. The van der Waals surface area contributed by atoms with Crippen LogP contribution in [0.4, 0.5) is 11.5 Å². The highest BCUT2D eigenvalue weighted by Crippen LogP contribution is 2.08. The molecular formula is C14H19N5O. The summed E-state index contributed by atoms with van der Waals surface area (Å²) in [7, 11) is 0. The van der Waals surface area contributed by atoms with E-state index in [1.807, 2.05) is 26.0 Å². The average Bonchev–Trinajstić information content (AvgIpc) is 2.43. The molecule has 6 nitrogen and oxygen atoms in total. The number of hydrogen-bond acceptors (Lipinski definition) is 5. The van der Waals surface area contributed by atoms with Gasteiger partial charge in [-0.15, -0.1) is 0 Å². The van der Waals surface area contributed by atoms with Crippen molar-refractivity contribution in [3.8, 4) is 0 Å². The van der Waals surface area contributed by atoms with E-state index < -0.39 is 0 Å². The standard InChI is InChI=1S/C14H19N5O/c1-3-18(4-2)12-8-14(20)19(16-9-12)10-11-6-5-7-13(15)17-11/h5-9H,3-4,10H2,1-2H3,(H2,15,17). The van der Waals surface area contributed by atoms with Crippen LogP contribution in [0.25, 0.3) is 0 Å². The maximum absolute atomic E-state index is 12.1. The van der Waals surface area contributed by atoms with Crippen molar-refractivity contribution in [1.29, 1.82) is 0 Å². The second-order valence-corrected chi connectivity index (χ2v) is 4.44. The molecule has 0 aliphatic carbocycles. The predicted molar refractivity (Wildman–Crippen MR) is 79.8 cm³/mol. The first-order valence-corrected chi connectivity index (χ1v) is 6.67. The number of rotatable bonds is 5. The quantitative estimate of drug-likeness (QED) is 0.883. The monoisotopic (exact) mass is 273 g/mol. The molecule has 2 N–H and O–H groups in total. The molecule has 0 saturated heterocycles. The summed E-state index contributed by atoms with van der Waals surface area (Å²) in [6.45, 7) is 6.11. The van der Waals surface area contributed by atoms with Crippen LogP contribution in [0.5, 0.6) is 0 Å². The van der Waals surface area contributed by atoms with Crippen molar-refractivity contribution >= 4 is 11.5 Å².